The molecular formula is C15H14N6O. The summed E-state index contributed by atoms with van der Waals surface area (Å²) in [7, 11) is 0. The Hall–Kier alpha value is -3.22. The van der Waals surface area contributed by atoms with E-state index < -0.39 is 0 Å². The molecule has 7 heteroatoms. The average molecular weight is 294 g/mol. The van der Waals surface area contributed by atoms with Gasteiger partial charge in [-0.05, 0) is 36.2 Å². The molecule has 0 fully saturated rings. The van der Waals surface area contributed by atoms with Gasteiger partial charge in [-0.1, -0.05) is 0 Å². The zero-order valence-electron chi connectivity index (χ0n) is 11.9. The molecule has 0 aliphatic heterocycles. The predicted octanol–water partition coefficient (Wildman–Crippen LogP) is 1.73. The van der Waals surface area contributed by atoms with Gasteiger partial charge in [-0.2, -0.15) is 0 Å². The molecule has 7 nitrogen and oxygen atoms in total. The fraction of sp³-hybridized carbons (Fsp3) is 0.0667. The number of hydrogen-bond acceptors (Lipinski definition) is 6. The molecule has 0 bridgehead atoms. The Bertz CT molecular complexity index is 877. The molecule has 0 aliphatic rings. The number of anilines is 3. The first kappa shape index (κ1) is 13.7. The lowest BCUT2D eigenvalue weighted by molar-refractivity contribution is -0.105. The van der Waals surface area contributed by atoms with Crippen LogP contribution in [0.15, 0.2) is 30.6 Å². The summed E-state index contributed by atoms with van der Waals surface area (Å²) in [6, 6.07) is 5.44. The third kappa shape index (κ3) is 2.28. The first-order valence-corrected chi connectivity index (χ1v) is 6.57. The van der Waals surface area contributed by atoms with E-state index >= 15 is 0 Å². The third-order valence-corrected chi connectivity index (χ3v) is 3.49. The minimum absolute atomic E-state index is 0.362. The Morgan fingerprint density at radius 2 is 1.91 bits per heavy atom. The number of aromatic nitrogens is 3. The van der Waals surface area contributed by atoms with Crippen LogP contribution in [0.1, 0.15) is 5.56 Å². The number of fused-ring (bicyclic) bond motifs is 1. The minimum Gasteiger partial charge on any atom is -0.397 e. The lowest BCUT2D eigenvalue weighted by Gasteiger charge is -2.10. The molecule has 5 N–H and O–H groups in total. The van der Waals surface area contributed by atoms with Crippen LogP contribution < -0.4 is 16.8 Å². The highest BCUT2D eigenvalue weighted by atomic mass is 16.1. The Labute approximate surface area is 126 Å². The van der Waals surface area contributed by atoms with Gasteiger partial charge in [0.15, 0.2) is 5.82 Å². The highest BCUT2D eigenvalue weighted by Gasteiger charge is 2.10. The molecule has 0 saturated carbocycles. The van der Waals surface area contributed by atoms with E-state index in [2.05, 4.69) is 20.5 Å². The van der Waals surface area contributed by atoms with E-state index in [1.807, 2.05) is 19.1 Å². The highest BCUT2D eigenvalue weighted by Crippen LogP contribution is 2.31. The summed E-state index contributed by atoms with van der Waals surface area (Å²) in [4.78, 5) is 14.6. The predicted molar refractivity (Wildman–Crippen MR) is 86.0 cm³/mol. The van der Waals surface area contributed by atoms with Crippen LogP contribution >= 0.6 is 0 Å². The van der Waals surface area contributed by atoms with E-state index in [4.69, 9.17) is 11.5 Å². The molecule has 0 unspecified atom stereocenters. The summed E-state index contributed by atoms with van der Waals surface area (Å²) >= 11 is 0. The smallest absolute Gasteiger partial charge is 0.212 e. The fourth-order valence-corrected chi connectivity index (χ4v) is 2.30. The molecular weight excluding hydrogens is 280 g/mol. The SMILES string of the molecule is Cc1c(N)cncc1-c1cc(N)c2nnc(NC=O)cc2c1. The molecule has 3 aromatic rings. The third-order valence-electron chi connectivity index (χ3n) is 3.49. The van der Waals surface area contributed by atoms with Crippen LogP contribution in [0.4, 0.5) is 17.2 Å². The number of nitrogens with two attached hydrogens (primary N) is 2. The second-order valence-corrected chi connectivity index (χ2v) is 4.90. The molecule has 0 aliphatic carbocycles. The molecule has 0 saturated heterocycles. The summed E-state index contributed by atoms with van der Waals surface area (Å²) in [5, 5.41) is 11.2. The lowest BCUT2D eigenvalue weighted by Crippen LogP contribution is -2.00. The maximum absolute atomic E-state index is 10.5. The van der Waals surface area contributed by atoms with Gasteiger partial charge in [0.2, 0.25) is 6.41 Å². The number of hydrogen-bond donors (Lipinski definition) is 3. The number of carbonyl (C=O) groups is 1. The number of pyridine rings is 1. The van der Waals surface area contributed by atoms with Gasteiger partial charge in [-0.25, -0.2) is 0 Å². The first-order chi connectivity index (χ1) is 10.6. The van der Waals surface area contributed by atoms with Crippen molar-refractivity contribution in [3.63, 3.8) is 0 Å². The Kier molecular flexibility index (Phi) is 3.30. The molecule has 3 rings (SSSR count). The quantitative estimate of drug-likeness (QED) is 0.500. The van der Waals surface area contributed by atoms with E-state index in [0.717, 1.165) is 22.1 Å². The molecule has 110 valence electrons. The summed E-state index contributed by atoms with van der Waals surface area (Å²) in [5.74, 6) is 0.362. The monoisotopic (exact) mass is 294 g/mol. The molecule has 22 heavy (non-hydrogen) atoms. The summed E-state index contributed by atoms with van der Waals surface area (Å²) < 4.78 is 0. The van der Waals surface area contributed by atoms with Crippen LogP contribution in [0.5, 0.6) is 0 Å². The number of nitrogens with zero attached hydrogens (tertiary/aromatic N) is 3. The van der Waals surface area contributed by atoms with Crippen molar-refractivity contribution in [2.75, 3.05) is 16.8 Å². The molecule has 2 aromatic heterocycles. The van der Waals surface area contributed by atoms with Crippen molar-refractivity contribution in [3.8, 4) is 11.1 Å². The van der Waals surface area contributed by atoms with Crippen LogP contribution in [-0.4, -0.2) is 21.6 Å². The van der Waals surface area contributed by atoms with Crippen LogP contribution in [-0.2, 0) is 4.79 Å². The standard InChI is InChI=1S/C15H14N6O/c1-8-11(5-18-6-13(8)17)9-2-10-4-14(19-7-22)20-21-15(10)12(16)3-9/h2-7H,16-17H2,1H3,(H,19,20,22). The molecule has 0 atom stereocenters. The average Bonchev–Trinajstić information content (AvgIpc) is 2.50. The lowest BCUT2D eigenvalue weighted by atomic mass is 9.99. The van der Waals surface area contributed by atoms with Crippen molar-refractivity contribution in [2.45, 2.75) is 6.92 Å². The molecule has 0 radical (unpaired) electrons. The fourth-order valence-electron chi connectivity index (χ4n) is 2.30. The number of amides is 1. The second-order valence-electron chi connectivity index (χ2n) is 4.90. The number of benzene rings is 1. The number of carbonyl (C=O) groups excluding carboxylic acids is 1. The van der Waals surface area contributed by atoms with Gasteiger partial charge in [0.25, 0.3) is 0 Å². The largest absolute Gasteiger partial charge is 0.397 e. The van der Waals surface area contributed by atoms with E-state index in [0.29, 0.717) is 29.1 Å². The van der Waals surface area contributed by atoms with Crippen molar-refractivity contribution in [1.82, 2.24) is 15.2 Å². The summed E-state index contributed by atoms with van der Waals surface area (Å²) in [6.07, 6.45) is 3.90. The number of nitrogen functional groups attached to an aromatic ring is 2. The van der Waals surface area contributed by atoms with Crippen molar-refractivity contribution < 1.29 is 4.79 Å². The zero-order valence-corrected chi connectivity index (χ0v) is 11.9. The number of rotatable bonds is 3. The van der Waals surface area contributed by atoms with E-state index in [-0.39, 0.29) is 0 Å². The van der Waals surface area contributed by atoms with Crippen molar-refractivity contribution in [3.05, 3.63) is 36.2 Å². The van der Waals surface area contributed by atoms with E-state index in [1.165, 1.54) is 0 Å². The Morgan fingerprint density at radius 3 is 2.68 bits per heavy atom. The van der Waals surface area contributed by atoms with E-state index in [9.17, 15) is 4.79 Å². The van der Waals surface area contributed by atoms with Crippen LogP contribution in [0.3, 0.4) is 0 Å². The Balaban J connectivity index is 2.22. The van der Waals surface area contributed by atoms with Gasteiger partial charge in [0.05, 0.1) is 17.6 Å². The van der Waals surface area contributed by atoms with Gasteiger partial charge in [0.1, 0.15) is 5.52 Å². The van der Waals surface area contributed by atoms with E-state index in [1.54, 1.807) is 18.5 Å². The molecule has 0 spiro atoms. The first-order valence-electron chi connectivity index (χ1n) is 6.57. The number of nitrogens with one attached hydrogen (secondary N) is 1. The normalized spacial score (nSPS) is 10.6. The summed E-state index contributed by atoms with van der Waals surface area (Å²) in [5.41, 5.74) is 16.4. The molecule has 1 amide bonds. The van der Waals surface area contributed by atoms with Crippen molar-refractivity contribution in [2.24, 2.45) is 0 Å². The molecule has 2 heterocycles. The summed E-state index contributed by atoms with van der Waals surface area (Å²) in [6.45, 7) is 1.93. The van der Waals surface area contributed by atoms with Gasteiger partial charge in [0, 0.05) is 17.1 Å². The van der Waals surface area contributed by atoms with Crippen molar-refractivity contribution in [1.29, 1.82) is 0 Å². The zero-order chi connectivity index (χ0) is 15.7. The van der Waals surface area contributed by atoms with Crippen LogP contribution in [0.2, 0.25) is 0 Å². The topological polar surface area (TPSA) is 120 Å². The maximum Gasteiger partial charge on any atom is 0.212 e. The highest BCUT2D eigenvalue weighted by molar-refractivity contribution is 5.95. The van der Waals surface area contributed by atoms with Gasteiger partial charge in [-0.3, -0.25) is 9.78 Å². The Morgan fingerprint density at radius 1 is 1.09 bits per heavy atom. The molecule has 1 aromatic carbocycles. The van der Waals surface area contributed by atoms with Gasteiger partial charge in [-0.15, -0.1) is 10.2 Å². The van der Waals surface area contributed by atoms with Crippen molar-refractivity contribution >= 4 is 34.5 Å². The minimum atomic E-state index is 0.362. The van der Waals surface area contributed by atoms with Gasteiger partial charge < -0.3 is 16.8 Å². The van der Waals surface area contributed by atoms with Gasteiger partial charge >= 0.3 is 0 Å². The maximum atomic E-state index is 10.5. The second kappa shape index (κ2) is 5.28. The van der Waals surface area contributed by atoms with Crippen LogP contribution in [0, 0.1) is 6.92 Å². The van der Waals surface area contributed by atoms with Crippen LogP contribution in [0.25, 0.3) is 22.0 Å².